The third kappa shape index (κ3) is 3.84. The van der Waals surface area contributed by atoms with Crippen LogP contribution in [0.3, 0.4) is 0 Å². The average molecular weight is 266 g/mol. The van der Waals surface area contributed by atoms with Crippen LogP contribution < -0.4 is 10.1 Å². The number of carbonyl (C=O) groups excluding carboxylic acids is 1. The van der Waals surface area contributed by atoms with Crippen LogP contribution in [0.25, 0.3) is 0 Å². The summed E-state index contributed by atoms with van der Waals surface area (Å²) in [5, 5.41) is 2.61. The number of nitrogens with zero attached hydrogens (tertiary/aromatic N) is 1. The maximum absolute atomic E-state index is 11.2. The zero-order chi connectivity index (χ0) is 14.4. The SMILES string of the molecule is CCCCOc1c(C)nc(NC(=O)OC)c(C)c1C. The highest BCUT2D eigenvalue weighted by atomic mass is 16.5. The Morgan fingerprint density at radius 3 is 2.53 bits per heavy atom. The lowest BCUT2D eigenvalue weighted by Crippen LogP contribution is -2.15. The number of rotatable bonds is 5. The van der Waals surface area contributed by atoms with E-state index in [2.05, 4.69) is 22.0 Å². The first-order valence-corrected chi connectivity index (χ1v) is 6.46. The quantitative estimate of drug-likeness (QED) is 0.830. The Morgan fingerprint density at radius 2 is 1.95 bits per heavy atom. The molecule has 0 spiro atoms. The molecule has 0 atom stereocenters. The number of aromatic nitrogens is 1. The van der Waals surface area contributed by atoms with Crippen LogP contribution in [0.15, 0.2) is 0 Å². The number of methoxy groups -OCH3 is 1. The third-order valence-electron chi connectivity index (χ3n) is 3.02. The van der Waals surface area contributed by atoms with Gasteiger partial charge in [0.25, 0.3) is 0 Å². The number of carbonyl (C=O) groups is 1. The minimum absolute atomic E-state index is 0.518. The Bertz CT molecular complexity index is 458. The molecule has 0 bridgehead atoms. The molecule has 5 heteroatoms. The predicted octanol–water partition coefficient (Wildman–Crippen LogP) is 3.36. The molecule has 106 valence electrons. The molecular weight excluding hydrogens is 244 g/mol. The second kappa shape index (κ2) is 6.97. The van der Waals surface area contributed by atoms with Gasteiger partial charge in [-0.3, -0.25) is 5.32 Å². The van der Waals surface area contributed by atoms with E-state index in [9.17, 15) is 4.79 Å². The smallest absolute Gasteiger partial charge is 0.412 e. The molecule has 0 saturated heterocycles. The van der Waals surface area contributed by atoms with Crippen molar-refractivity contribution >= 4 is 11.9 Å². The fourth-order valence-corrected chi connectivity index (χ4v) is 1.72. The van der Waals surface area contributed by atoms with Gasteiger partial charge in [0.15, 0.2) is 0 Å². The van der Waals surface area contributed by atoms with Gasteiger partial charge >= 0.3 is 6.09 Å². The molecule has 0 fully saturated rings. The monoisotopic (exact) mass is 266 g/mol. The van der Waals surface area contributed by atoms with E-state index in [1.807, 2.05) is 20.8 Å². The first kappa shape index (κ1) is 15.3. The number of pyridine rings is 1. The van der Waals surface area contributed by atoms with Crippen LogP contribution in [0.4, 0.5) is 10.6 Å². The predicted molar refractivity (Wildman–Crippen MR) is 74.9 cm³/mol. The van der Waals surface area contributed by atoms with E-state index in [0.717, 1.165) is 35.4 Å². The highest BCUT2D eigenvalue weighted by molar-refractivity contribution is 5.84. The van der Waals surface area contributed by atoms with Crippen molar-refractivity contribution in [1.82, 2.24) is 4.98 Å². The molecular formula is C14H22N2O3. The van der Waals surface area contributed by atoms with Crippen LogP contribution >= 0.6 is 0 Å². The summed E-state index contributed by atoms with van der Waals surface area (Å²) in [6.07, 6.45) is 1.58. The van der Waals surface area contributed by atoms with Gasteiger partial charge in [0, 0.05) is 0 Å². The van der Waals surface area contributed by atoms with Gasteiger partial charge in [0.1, 0.15) is 11.6 Å². The number of nitrogens with one attached hydrogen (secondary N) is 1. The van der Waals surface area contributed by atoms with Gasteiger partial charge < -0.3 is 9.47 Å². The second-order valence-electron chi connectivity index (χ2n) is 4.44. The fourth-order valence-electron chi connectivity index (χ4n) is 1.72. The molecule has 0 aliphatic carbocycles. The maximum Gasteiger partial charge on any atom is 0.412 e. The maximum atomic E-state index is 11.2. The summed E-state index contributed by atoms with van der Waals surface area (Å²) in [6, 6.07) is 0. The van der Waals surface area contributed by atoms with Crippen molar-refractivity contribution in [2.75, 3.05) is 19.0 Å². The fraction of sp³-hybridized carbons (Fsp3) is 0.571. The molecule has 0 aliphatic heterocycles. The Labute approximate surface area is 114 Å². The summed E-state index contributed by atoms with van der Waals surface area (Å²) in [7, 11) is 1.33. The number of aryl methyl sites for hydroxylation is 1. The van der Waals surface area contributed by atoms with Crippen molar-refractivity contribution in [3.63, 3.8) is 0 Å². The van der Waals surface area contributed by atoms with Gasteiger partial charge in [0.2, 0.25) is 0 Å². The van der Waals surface area contributed by atoms with Crippen molar-refractivity contribution in [2.24, 2.45) is 0 Å². The van der Waals surface area contributed by atoms with E-state index in [4.69, 9.17) is 4.74 Å². The van der Waals surface area contributed by atoms with E-state index >= 15 is 0 Å². The van der Waals surface area contributed by atoms with Gasteiger partial charge in [-0.15, -0.1) is 0 Å². The summed E-state index contributed by atoms with van der Waals surface area (Å²) in [4.78, 5) is 15.6. The summed E-state index contributed by atoms with van der Waals surface area (Å²) in [5.41, 5.74) is 2.66. The molecule has 1 rings (SSSR count). The lowest BCUT2D eigenvalue weighted by molar-refractivity contribution is 0.186. The van der Waals surface area contributed by atoms with Gasteiger partial charge in [-0.1, -0.05) is 13.3 Å². The summed E-state index contributed by atoms with van der Waals surface area (Å²) < 4.78 is 10.3. The van der Waals surface area contributed by atoms with Gasteiger partial charge in [-0.05, 0) is 38.3 Å². The number of hydrogen-bond donors (Lipinski definition) is 1. The molecule has 1 heterocycles. The number of anilines is 1. The van der Waals surface area contributed by atoms with Crippen LogP contribution in [0.5, 0.6) is 5.75 Å². The minimum atomic E-state index is -0.519. The van der Waals surface area contributed by atoms with Crippen LogP contribution in [-0.4, -0.2) is 24.8 Å². The molecule has 1 N–H and O–H groups in total. The Kier molecular flexibility index (Phi) is 5.60. The molecule has 0 unspecified atom stereocenters. The molecule has 0 saturated carbocycles. The highest BCUT2D eigenvalue weighted by Crippen LogP contribution is 2.29. The summed E-state index contributed by atoms with van der Waals surface area (Å²) in [6.45, 7) is 8.54. The first-order valence-electron chi connectivity index (χ1n) is 6.46. The van der Waals surface area contributed by atoms with E-state index in [1.54, 1.807) is 0 Å². The molecule has 0 radical (unpaired) electrons. The van der Waals surface area contributed by atoms with Crippen molar-refractivity contribution in [3.05, 3.63) is 16.8 Å². The molecule has 0 aromatic carbocycles. The number of hydrogen-bond acceptors (Lipinski definition) is 4. The normalized spacial score (nSPS) is 10.2. The van der Waals surface area contributed by atoms with Crippen LogP contribution in [0.2, 0.25) is 0 Å². The standard InChI is InChI=1S/C14H22N2O3/c1-6-7-8-19-12-9(2)10(3)13(15-11(12)4)16-14(17)18-5/h6-8H2,1-5H3,(H,15,16,17). The molecule has 1 aromatic rings. The Hall–Kier alpha value is -1.78. The highest BCUT2D eigenvalue weighted by Gasteiger charge is 2.14. The average Bonchev–Trinajstić information content (AvgIpc) is 2.39. The number of unbranched alkanes of at least 4 members (excludes halogenated alkanes) is 1. The molecule has 0 aliphatic rings. The van der Waals surface area contributed by atoms with E-state index in [1.165, 1.54) is 7.11 Å². The third-order valence-corrected chi connectivity index (χ3v) is 3.02. The van der Waals surface area contributed by atoms with E-state index in [-0.39, 0.29) is 0 Å². The Balaban J connectivity index is 2.98. The second-order valence-corrected chi connectivity index (χ2v) is 4.44. The topological polar surface area (TPSA) is 60.5 Å². The zero-order valence-corrected chi connectivity index (χ0v) is 12.3. The lowest BCUT2D eigenvalue weighted by atomic mass is 10.1. The Morgan fingerprint density at radius 1 is 1.26 bits per heavy atom. The van der Waals surface area contributed by atoms with Crippen molar-refractivity contribution < 1.29 is 14.3 Å². The van der Waals surface area contributed by atoms with Crippen molar-refractivity contribution in [3.8, 4) is 5.75 Å². The zero-order valence-electron chi connectivity index (χ0n) is 12.3. The molecule has 1 amide bonds. The van der Waals surface area contributed by atoms with E-state index < -0.39 is 6.09 Å². The largest absolute Gasteiger partial charge is 0.491 e. The van der Waals surface area contributed by atoms with Crippen molar-refractivity contribution in [2.45, 2.75) is 40.5 Å². The first-order chi connectivity index (χ1) is 9.01. The van der Waals surface area contributed by atoms with Crippen LogP contribution in [0.1, 0.15) is 36.6 Å². The van der Waals surface area contributed by atoms with Crippen LogP contribution in [0, 0.1) is 20.8 Å². The molecule has 19 heavy (non-hydrogen) atoms. The molecule has 5 nitrogen and oxygen atoms in total. The lowest BCUT2D eigenvalue weighted by Gasteiger charge is -2.16. The van der Waals surface area contributed by atoms with Crippen molar-refractivity contribution in [1.29, 1.82) is 0 Å². The number of ether oxygens (including phenoxy) is 2. The summed E-state index contributed by atoms with van der Waals surface area (Å²) >= 11 is 0. The van der Waals surface area contributed by atoms with Gasteiger partial charge in [-0.25, -0.2) is 9.78 Å². The number of amides is 1. The van der Waals surface area contributed by atoms with Gasteiger partial charge in [-0.2, -0.15) is 0 Å². The molecule has 1 aromatic heterocycles. The summed E-state index contributed by atoms with van der Waals surface area (Å²) in [5.74, 6) is 1.33. The van der Waals surface area contributed by atoms with Crippen LogP contribution in [-0.2, 0) is 4.74 Å². The van der Waals surface area contributed by atoms with E-state index in [0.29, 0.717) is 12.4 Å². The minimum Gasteiger partial charge on any atom is -0.491 e. The van der Waals surface area contributed by atoms with Gasteiger partial charge in [0.05, 0.1) is 19.4 Å².